The number of hydrogen-bond donors (Lipinski definition) is 3. The van der Waals surface area contributed by atoms with Crippen LogP contribution in [0.3, 0.4) is 0 Å². The fourth-order valence-electron chi connectivity index (χ4n) is 7.24. The van der Waals surface area contributed by atoms with Crippen LogP contribution in [0, 0.1) is 25.7 Å². The average Bonchev–Trinajstić information content (AvgIpc) is 4.02. The third-order valence-corrected chi connectivity index (χ3v) is 13.1. The number of pyridine rings is 2. The van der Waals surface area contributed by atoms with Crippen molar-refractivity contribution in [3.8, 4) is 27.6 Å². The molecule has 3 N–H and O–H groups in total. The maximum atomic E-state index is 14.6. The predicted molar refractivity (Wildman–Crippen MR) is 213 cm³/mol. The van der Waals surface area contributed by atoms with Crippen molar-refractivity contribution >= 4 is 44.9 Å². The second-order valence-electron chi connectivity index (χ2n) is 15.1. The molecule has 55 heavy (non-hydrogen) atoms. The number of rotatable bonds is 14. The van der Waals surface area contributed by atoms with E-state index >= 15 is 0 Å². The van der Waals surface area contributed by atoms with Gasteiger partial charge in [0.2, 0.25) is 27.7 Å². The van der Waals surface area contributed by atoms with Crippen LogP contribution in [0.1, 0.15) is 50.8 Å². The van der Waals surface area contributed by atoms with Crippen molar-refractivity contribution in [3.05, 3.63) is 96.0 Å². The first-order valence-corrected chi connectivity index (χ1v) is 21.0. The van der Waals surface area contributed by atoms with E-state index in [1.807, 2.05) is 99.8 Å². The lowest BCUT2D eigenvalue weighted by molar-refractivity contribution is -0.140. The highest BCUT2D eigenvalue weighted by atomic mass is 32.2. The number of sulfonamides is 1. The summed E-state index contributed by atoms with van der Waals surface area (Å²) in [6, 6.07) is 19.7. The number of carbonyl (C=O) groups excluding carboxylic acids is 3. The fraction of sp³-hybridized carbons (Fsp3) is 0.390. The molecule has 2 saturated carbocycles. The summed E-state index contributed by atoms with van der Waals surface area (Å²) < 4.78 is 34.3. The van der Waals surface area contributed by atoms with E-state index in [1.54, 1.807) is 17.4 Å². The Kier molecular flexibility index (Phi) is 10.6. The first-order chi connectivity index (χ1) is 26.3. The highest BCUT2D eigenvalue weighted by molar-refractivity contribution is 7.91. The van der Waals surface area contributed by atoms with Crippen LogP contribution in [0.4, 0.5) is 5.82 Å². The van der Waals surface area contributed by atoms with Crippen LogP contribution in [0.5, 0.6) is 5.88 Å². The van der Waals surface area contributed by atoms with Crippen LogP contribution in [-0.4, -0.2) is 76.5 Å². The summed E-state index contributed by atoms with van der Waals surface area (Å²) in [4.78, 5) is 54.6. The molecule has 0 spiro atoms. The maximum absolute atomic E-state index is 14.6. The standard InChI is InChI=1S/C41H46N6O6S2/c1-6-29-22-41(29,40(50)46-55(51,52)31-14-15-31)45-38(48)33-21-30(23-47(33)39(49)37(24(2)3)44-35-18-25(4)17-26(5)42-35)53-36-20-28(34-13-10-16-54-34)19-32(43-36)27-11-8-7-9-12-27/h6-13,16-20,24,29-31,33,37H,1,14-15,21-23H2,2-5H3,(H,42,44)(H,45,48)(H,46,50)/t29-,30-,33+,37-,41-/m1/s1. The Hall–Kier alpha value is -5.08. The number of ether oxygens (including phenoxy) is 1. The molecule has 4 heterocycles. The maximum Gasteiger partial charge on any atom is 0.259 e. The lowest BCUT2D eigenvalue weighted by Gasteiger charge is -2.31. The zero-order valence-electron chi connectivity index (χ0n) is 31.3. The van der Waals surface area contributed by atoms with E-state index in [-0.39, 0.29) is 31.2 Å². The van der Waals surface area contributed by atoms with Gasteiger partial charge in [-0.3, -0.25) is 19.1 Å². The molecule has 288 valence electrons. The predicted octanol–water partition coefficient (Wildman–Crippen LogP) is 5.64. The number of nitrogens with one attached hydrogen (secondary N) is 3. The van der Waals surface area contributed by atoms with Crippen LogP contribution in [0.2, 0.25) is 0 Å². The van der Waals surface area contributed by atoms with Gasteiger partial charge in [0.15, 0.2) is 0 Å². The molecule has 0 unspecified atom stereocenters. The molecular formula is C41H46N6O6S2. The Morgan fingerprint density at radius 1 is 1.02 bits per heavy atom. The van der Waals surface area contributed by atoms with Gasteiger partial charge in [-0.2, -0.15) is 0 Å². The van der Waals surface area contributed by atoms with Crippen LogP contribution < -0.4 is 20.1 Å². The van der Waals surface area contributed by atoms with Crippen LogP contribution in [0.15, 0.2) is 84.8 Å². The van der Waals surface area contributed by atoms with Crippen LogP contribution in [0.25, 0.3) is 21.7 Å². The second-order valence-corrected chi connectivity index (χ2v) is 18.0. The van der Waals surface area contributed by atoms with Gasteiger partial charge in [-0.25, -0.2) is 18.4 Å². The summed E-state index contributed by atoms with van der Waals surface area (Å²) in [6.45, 7) is 11.6. The van der Waals surface area contributed by atoms with E-state index in [0.717, 1.165) is 27.3 Å². The molecule has 7 rings (SSSR count). The van der Waals surface area contributed by atoms with Crippen molar-refractivity contribution in [3.63, 3.8) is 0 Å². The zero-order chi connectivity index (χ0) is 39.1. The molecular weight excluding hydrogens is 737 g/mol. The number of hydrogen-bond acceptors (Lipinski definition) is 10. The normalized spacial score (nSPS) is 22.5. The summed E-state index contributed by atoms with van der Waals surface area (Å²) in [6.07, 6.45) is 2.15. The largest absolute Gasteiger partial charge is 0.472 e. The van der Waals surface area contributed by atoms with Crippen molar-refractivity contribution in [2.75, 3.05) is 11.9 Å². The van der Waals surface area contributed by atoms with Gasteiger partial charge in [0.05, 0.1) is 17.5 Å². The molecule has 14 heteroatoms. The molecule has 3 fully saturated rings. The highest BCUT2D eigenvalue weighted by Crippen LogP contribution is 2.45. The quantitative estimate of drug-likeness (QED) is 0.138. The monoisotopic (exact) mass is 782 g/mol. The topological polar surface area (TPSA) is 160 Å². The summed E-state index contributed by atoms with van der Waals surface area (Å²) >= 11 is 1.59. The summed E-state index contributed by atoms with van der Waals surface area (Å²) in [5.41, 5.74) is 2.81. The van der Waals surface area contributed by atoms with Gasteiger partial charge in [0.1, 0.15) is 29.5 Å². The van der Waals surface area contributed by atoms with Gasteiger partial charge in [-0.15, -0.1) is 17.9 Å². The zero-order valence-corrected chi connectivity index (χ0v) is 33.0. The van der Waals surface area contributed by atoms with E-state index in [2.05, 4.69) is 26.9 Å². The SMILES string of the molecule is C=C[C@@H]1C[C@]1(NC(=O)[C@@H]1C[C@@H](Oc2cc(-c3cccs3)cc(-c3ccccc3)n2)CN1C(=O)[C@H](Nc1cc(C)cc(C)n1)C(C)C)C(=O)NS(=O)(=O)C1CC1. The van der Waals surface area contributed by atoms with Crippen molar-refractivity contribution < 1.29 is 27.5 Å². The van der Waals surface area contributed by atoms with Gasteiger partial charge in [0, 0.05) is 34.5 Å². The van der Waals surface area contributed by atoms with Crippen LogP contribution >= 0.6 is 11.3 Å². The highest BCUT2D eigenvalue weighted by Gasteiger charge is 2.62. The number of aryl methyl sites for hydroxylation is 2. The Morgan fingerprint density at radius 2 is 1.78 bits per heavy atom. The molecule has 12 nitrogen and oxygen atoms in total. The van der Waals surface area contributed by atoms with Gasteiger partial charge in [-0.05, 0) is 79.8 Å². The molecule has 0 bridgehead atoms. The molecule has 3 aliphatic rings. The first-order valence-electron chi connectivity index (χ1n) is 18.6. The van der Waals surface area contributed by atoms with E-state index in [0.29, 0.717) is 30.2 Å². The van der Waals surface area contributed by atoms with Gasteiger partial charge in [0.25, 0.3) is 5.91 Å². The van der Waals surface area contributed by atoms with Gasteiger partial charge >= 0.3 is 0 Å². The Balaban J connectivity index is 1.19. The lowest BCUT2D eigenvalue weighted by Crippen LogP contribution is -2.58. The molecule has 4 aromatic rings. The molecule has 1 aliphatic heterocycles. The number of likely N-dealkylation sites (tertiary alicyclic amines) is 1. The number of amides is 3. The van der Waals surface area contributed by atoms with Crippen molar-refractivity contribution in [2.45, 2.75) is 82.4 Å². The minimum Gasteiger partial charge on any atom is -0.472 e. The van der Waals surface area contributed by atoms with Crippen LogP contribution in [-0.2, 0) is 24.4 Å². The molecule has 0 radical (unpaired) electrons. The Morgan fingerprint density at radius 3 is 2.42 bits per heavy atom. The summed E-state index contributed by atoms with van der Waals surface area (Å²) in [5, 5.41) is 7.57. The lowest BCUT2D eigenvalue weighted by atomic mass is 10.0. The molecule has 1 aromatic carbocycles. The molecule has 5 atom stereocenters. The number of nitrogens with zero attached hydrogens (tertiary/aromatic N) is 3. The minimum absolute atomic E-state index is 0.0633. The van der Waals surface area contributed by atoms with E-state index in [1.165, 1.54) is 4.90 Å². The third-order valence-electron chi connectivity index (χ3n) is 10.4. The Bertz CT molecular complexity index is 2190. The third kappa shape index (κ3) is 8.30. The minimum atomic E-state index is -3.87. The average molecular weight is 783 g/mol. The first kappa shape index (κ1) is 38.2. The van der Waals surface area contributed by atoms with Crippen molar-refractivity contribution in [1.29, 1.82) is 0 Å². The molecule has 3 aromatic heterocycles. The fourth-order valence-corrected chi connectivity index (χ4v) is 9.32. The van der Waals surface area contributed by atoms with Gasteiger partial charge < -0.3 is 20.3 Å². The number of carbonyl (C=O) groups is 3. The number of anilines is 1. The van der Waals surface area contributed by atoms with E-state index in [4.69, 9.17) is 9.72 Å². The van der Waals surface area contributed by atoms with Crippen molar-refractivity contribution in [2.24, 2.45) is 11.8 Å². The smallest absolute Gasteiger partial charge is 0.259 e. The molecule has 3 amide bonds. The number of aromatic nitrogens is 2. The second kappa shape index (κ2) is 15.2. The summed E-state index contributed by atoms with van der Waals surface area (Å²) in [5.74, 6) is -1.51. The molecule has 1 saturated heterocycles. The van der Waals surface area contributed by atoms with E-state index in [9.17, 15) is 22.8 Å². The van der Waals surface area contributed by atoms with E-state index < -0.39 is 56.7 Å². The summed E-state index contributed by atoms with van der Waals surface area (Å²) in [7, 11) is -3.87. The molecule has 2 aliphatic carbocycles. The van der Waals surface area contributed by atoms with Crippen molar-refractivity contribution in [1.82, 2.24) is 24.9 Å². The number of thiophene rings is 1. The van der Waals surface area contributed by atoms with Gasteiger partial charge in [-0.1, -0.05) is 56.3 Å². The Labute approximate surface area is 325 Å². The number of benzene rings is 1.